The van der Waals surface area contributed by atoms with Crippen molar-refractivity contribution in [2.75, 3.05) is 6.67 Å². The molecule has 6 heteroatoms. The second kappa shape index (κ2) is 3.36. The highest BCUT2D eigenvalue weighted by Gasteiger charge is 2.34. The molecule has 0 spiro atoms. The summed E-state index contributed by atoms with van der Waals surface area (Å²) in [5.74, 6) is -3.50. The van der Waals surface area contributed by atoms with E-state index in [1.165, 1.54) is 0 Å². The molecule has 0 aliphatic carbocycles. The number of hydrogen-bond donors (Lipinski definition) is 1. The van der Waals surface area contributed by atoms with Gasteiger partial charge in [-0.05, 0) is 0 Å². The Bertz CT molecular complexity index is 181. The van der Waals surface area contributed by atoms with Crippen LogP contribution in [0.5, 0.6) is 0 Å². The van der Waals surface area contributed by atoms with E-state index >= 15 is 0 Å². The molecule has 0 rings (SSSR count). The number of aliphatic hydroxyl groups excluding tert-OH is 1. The van der Waals surface area contributed by atoms with Crippen molar-refractivity contribution < 1.29 is 27.5 Å². The summed E-state index contributed by atoms with van der Waals surface area (Å²) < 4.78 is 45.3. The third kappa shape index (κ3) is 3.59. The summed E-state index contributed by atoms with van der Waals surface area (Å²) in [6.45, 7) is -1.56. The Labute approximate surface area is 59.1 Å². The van der Waals surface area contributed by atoms with Gasteiger partial charge in [0.25, 0.3) is 0 Å². The van der Waals surface area contributed by atoms with Crippen molar-refractivity contribution in [1.82, 2.24) is 0 Å². The quantitative estimate of drug-likeness (QED) is 0.389. The van der Waals surface area contributed by atoms with E-state index in [9.17, 15) is 22.4 Å². The standard InChI is InChI=1S/C5H4F4O2/c6-2-3(10)1-4(11)5(7,8)9/h1,11H,2H2/b4-1-. The highest BCUT2D eigenvalue weighted by molar-refractivity contribution is 5.91. The van der Waals surface area contributed by atoms with E-state index in [4.69, 9.17) is 5.11 Å². The second-order valence-corrected chi connectivity index (χ2v) is 1.63. The zero-order valence-corrected chi connectivity index (χ0v) is 5.15. The molecule has 0 aromatic heterocycles. The SMILES string of the molecule is O=C(/C=C(\O)C(F)(F)F)CF. The Morgan fingerprint density at radius 3 is 2.18 bits per heavy atom. The minimum atomic E-state index is -4.98. The Morgan fingerprint density at radius 1 is 1.45 bits per heavy atom. The van der Waals surface area contributed by atoms with Crippen LogP contribution in [0.2, 0.25) is 0 Å². The van der Waals surface area contributed by atoms with Gasteiger partial charge in [0, 0.05) is 6.08 Å². The van der Waals surface area contributed by atoms with Crippen LogP contribution in [0.25, 0.3) is 0 Å². The summed E-state index contributed by atoms with van der Waals surface area (Å²) >= 11 is 0. The summed E-state index contributed by atoms with van der Waals surface area (Å²) in [4.78, 5) is 9.96. The molecule has 64 valence electrons. The summed E-state index contributed by atoms with van der Waals surface area (Å²) in [5.41, 5.74) is 0. The molecule has 0 fully saturated rings. The topological polar surface area (TPSA) is 37.3 Å². The minimum Gasteiger partial charge on any atom is -0.504 e. The van der Waals surface area contributed by atoms with Crippen LogP contribution in [0, 0.1) is 0 Å². The highest BCUT2D eigenvalue weighted by Crippen LogP contribution is 2.22. The van der Waals surface area contributed by atoms with Gasteiger partial charge in [-0.2, -0.15) is 13.2 Å². The number of allylic oxidation sites excluding steroid dienone is 2. The first-order chi connectivity index (χ1) is 4.88. The first-order valence-electron chi connectivity index (χ1n) is 2.44. The van der Waals surface area contributed by atoms with Gasteiger partial charge < -0.3 is 5.11 Å². The zero-order chi connectivity index (χ0) is 9.07. The van der Waals surface area contributed by atoms with Crippen LogP contribution >= 0.6 is 0 Å². The van der Waals surface area contributed by atoms with Gasteiger partial charge in [0.1, 0.15) is 0 Å². The molecule has 0 aliphatic heterocycles. The molecule has 0 aromatic carbocycles. The second-order valence-electron chi connectivity index (χ2n) is 1.63. The van der Waals surface area contributed by atoms with Gasteiger partial charge in [0.05, 0.1) is 0 Å². The summed E-state index contributed by atoms with van der Waals surface area (Å²) in [5, 5.41) is 8.04. The fourth-order valence-electron chi connectivity index (χ4n) is 0.273. The van der Waals surface area contributed by atoms with E-state index in [-0.39, 0.29) is 6.08 Å². The Hall–Kier alpha value is -1.07. The van der Waals surface area contributed by atoms with Crippen LogP contribution in [-0.4, -0.2) is 23.7 Å². The number of alkyl halides is 4. The Kier molecular flexibility index (Phi) is 3.03. The average molecular weight is 172 g/mol. The fraction of sp³-hybridized carbons (Fsp3) is 0.400. The number of halogens is 4. The molecule has 0 saturated heterocycles. The predicted octanol–water partition coefficient (Wildman–Crippen LogP) is 1.53. The first-order valence-corrected chi connectivity index (χ1v) is 2.44. The van der Waals surface area contributed by atoms with Crippen LogP contribution in [0.3, 0.4) is 0 Å². The molecular formula is C5H4F4O2. The van der Waals surface area contributed by atoms with E-state index in [1.807, 2.05) is 0 Å². The molecule has 0 atom stereocenters. The van der Waals surface area contributed by atoms with Gasteiger partial charge in [0.15, 0.2) is 12.5 Å². The predicted molar refractivity (Wildman–Crippen MR) is 27.7 cm³/mol. The van der Waals surface area contributed by atoms with Crippen LogP contribution in [-0.2, 0) is 4.79 Å². The third-order valence-corrected chi connectivity index (χ3v) is 0.720. The molecule has 1 N–H and O–H groups in total. The highest BCUT2D eigenvalue weighted by atomic mass is 19.4. The summed E-state index contributed by atoms with van der Waals surface area (Å²) in [6, 6.07) is 0. The van der Waals surface area contributed by atoms with Gasteiger partial charge in [-0.25, -0.2) is 4.39 Å². The lowest BCUT2D eigenvalue weighted by molar-refractivity contribution is -0.125. The lowest BCUT2D eigenvalue weighted by Gasteiger charge is -2.02. The van der Waals surface area contributed by atoms with Crippen molar-refractivity contribution in [3.05, 3.63) is 11.8 Å². The monoisotopic (exact) mass is 172 g/mol. The van der Waals surface area contributed by atoms with Crippen molar-refractivity contribution in [2.24, 2.45) is 0 Å². The third-order valence-electron chi connectivity index (χ3n) is 0.720. The van der Waals surface area contributed by atoms with Gasteiger partial charge in [-0.3, -0.25) is 4.79 Å². The average Bonchev–Trinajstić information content (AvgIpc) is 1.85. The number of hydrogen-bond acceptors (Lipinski definition) is 2. The maximum atomic E-state index is 11.4. The molecule has 0 amide bonds. The molecule has 0 radical (unpaired) electrons. The number of ketones is 1. The molecule has 0 bridgehead atoms. The lowest BCUT2D eigenvalue weighted by Crippen LogP contribution is -2.13. The largest absolute Gasteiger partial charge is 0.504 e. The molecule has 2 nitrogen and oxygen atoms in total. The lowest BCUT2D eigenvalue weighted by atomic mass is 10.3. The van der Waals surface area contributed by atoms with Crippen LogP contribution in [0.4, 0.5) is 17.6 Å². The minimum absolute atomic E-state index is 0.194. The van der Waals surface area contributed by atoms with Gasteiger partial charge in [-0.1, -0.05) is 0 Å². The van der Waals surface area contributed by atoms with Gasteiger partial charge in [0.2, 0.25) is 5.76 Å². The van der Waals surface area contributed by atoms with E-state index in [0.29, 0.717) is 0 Å². The molecule has 0 aromatic rings. The van der Waals surface area contributed by atoms with Crippen molar-refractivity contribution in [1.29, 1.82) is 0 Å². The number of rotatable bonds is 2. The Balaban J connectivity index is 4.35. The summed E-state index contributed by atoms with van der Waals surface area (Å²) in [6.07, 6.45) is -5.18. The molecule has 11 heavy (non-hydrogen) atoms. The van der Waals surface area contributed by atoms with Crippen LogP contribution < -0.4 is 0 Å². The zero-order valence-electron chi connectivity index (χ0n) is 5.15. The first kappa shape index (κ1) is 9.93. The Morgan fingerprint density at radius 2 is 1.91 bits per heavy atom. The maximum absolute atomic E-state index is 11.4. The number of aliphatic hydroxyl groups is 1. The molecule has 0 aliphatic rings. The maximum Gasteiger partial charge on any atom is 0.448 e. The molecule has 0 saturated carbocycles. The van der Waals surface area contributed by atoms with Crippen molar-refractivity contribution in [3.63, 3.8) is 0 Å². The van der Waals surface area contributed by atoms with E-state index in [1.54, 1.807) is 0 Å². The van der Waals surface area contributed by atoms with E-state index < -0.39 is 24.4 Å². The fourth-order valence-corrected chi connectivity index (χ4v) is 0.273. The molecule has 0 unspecified atom stereocenters. The molecular weight excluding hydrogens is 168 g/mol. The van der Waals surface area contributed by atoms with Crippen molar-refractivity contribution in [3.8, 4) is 0 Å². The number of carbonyl (C=O) groups is 1. The molecule has 0 heterocycles. The normalized spacial score (nSPS) is 13.3. The van der Waals surface area contributed by atoms with Crippen LogP contribution in [0.1, 0.15) is 0 Å². The van der Waals surface area contributed by atoms with Crippen molar-refractivity contribution in [2.45, 2.75) is 6.18 Å². The van der Waals surface area contributed by atoms with E-state index in [2.05, 4.69) is 0 Å². The van der Waals surface area contributed by atoms with E-state index in [0.717, 1.165) is 0 Å². The van der Waals surface area contributed by atoms with Crippen LogP contribution in [0.15, 0.2) is 11.8 Å². The summed E-state index contributed by atoms with van der Waals surface area (Å²) in [7, 11) is 0. The van der Waals surface area contributed by atoms with Gasteiger partial charge >= 0.3 is 6.18 Å². The number of carbonyl (C=O) groups excluding carboxylic acids is 1. The smallest absolute Gasteiger partial charge is 0.448 e. The van der Waals surface area contributed by atoms with Crippen molar-refractivity contribution >= 4 is 5.78 Å². The van der Waals surface area contributed by atoms with Gasteiger partial charge in [-0.15, -0.1) is 0 Å².